The van der Waals surface area contributed by atoms with Gasteiger partial charge < -0.3 is 15.3 Å². The molecule has 1 aliphatic rings. The van der Waals surface area contributed by atoms with Crippen molar-refractivity contribution in [3.8, 4) is 12.1 Å². The van der Waals surface area contributed by atoms with Crippen LogP contribution in [0.5, 0.6) is 0 Å². The summed E-state index contributed by atoms with van der Waals surface area (Å²) in [6.07, 6.45) is -1.14. The van der Waals surface area contributed by atoms with Crippen molar-refractivity contribution in [2.24, 2.45) is 0 Å². The fraction of sp³-hybridized carbons (Fsp3) is 0.250. The summed E-state index contributed by atoms with van der Waals surface area (Å²) in [7, 11) is 0. The van der Waals surface area contributed by atoms with Gasteiger partial charge in [0.1, 0.15) is 13.1 Å². The van der Waals surface area contributed by atoms with Crippen LogP contribution in [-0.2, 0) is 4.79 Å². The van der Waals surface area contributed by atoms with Gasteiger partial charge in [-0.25, -0.2) is 0 Å². The van der Waals surface area contributed by atoms with Crippen LogP contribution < -0.4 is 10.2 Å². The van der Waals surface area contributed by atoms with Crippen LogP contribution >= 0.6 is 0 Å². The van der Waals surface area contributed by atoms with Crippen LogP contribution in [0.15, 0.2) is 18.2 Å². The number of hydrogen-bond acceptors (Lipinski definition) is 5. The fourth-order valence-electron chi connectivity index (χ4n) is 1.84. The first-order chi connectivity index (χ1) is 8.67. The maximum atomic E-state index is 11.3. The van der Waals surface area contributed by atoms with Gasteiger partial charge in [0.05, 0.1) is 12.1 Å². The van der Waals surface area contributed by atoms with Crippen molar-refractivity contribution >= 4 is 17.3 Å². The molecule has 18 heavy (non-hydrogen) atoms. The van der Waals surface area contributed by atoms with Gasteiger partial charge in [-0.1, -0.05) is 6.07 Å². The molecule has 0 bridgehead atoms. The minimum Gasteiger partial charge on any atom is -0.378 e. The summed E-state index contributed by atoms with van der Waals surface area (Å²) in [5.41, 5.74) is 1.69. The molecule has 0 aliphatic carbocycles. The van der Waals surface area contributed by atoms with Crippen molar-refractivity contribution in [3.05, 3.63) is 23.8 Å². The lowest BCUT2D eigenvalue weighted by Crippen LogP contribution is -2.23. The highest BCUT2D eigenvalue weighted by atomic mass is 16.3. The van der Waals surface area contributed by atoms with Crippen molar-refractivity contribution in [1.82, 2.24) is 0 Å². The van der Waals surface area contributed by atoms with Crippen LogP contribution in [0.25, 0.3) is 0 Å². The molecular formula is C12H10N4O2. The molecule has 2 N–H and O–H groups in total. The Morgan fingerprint density at radius 1 is 1.33 bits per heavy atom. The number of hydrogen-bond donors (Lipinski definition) is 2. The molecule has 2 rings (SSSR count). The van der Waals surface area contributed by atoms with Gasteiger partial charge in [-0.2, -0.15) is 10.5 Å². The third-order valence-corrected chi connectivity index (χ3v) is 2.73. The van der Waals surface area contributed by atoms with E-state index in [2.05, 4.69) is 5.32 Å². The maximum absolute atomic E-state index is 11.3. The Balaban J connectivity index is 2.33. The molecule has 0 spiro atoms. The molecule has 1 amide bonds. The second-order valence-electron chi connectivity index (χ2n) is 3.84. The number of fused-ring (bicyclic) bond motifs is 1. The molecule has 6 heteroatoms. The van der Waals surface area contributed by atoms with Crippen LogP contribution in [-0.4, -0.2) is 24.1 Å². The van der Waals surface area contributed by atoms with Crippen LogP contribution in [0.4, 0.5) is 11.4 Å². The van der Waals surface area contributed by atoms with Gasteiger partial charge in [0.15, 0.2) is 6.10 Å². The lowest BCUT2D eigenvalue weighted by molar-refractivity contribution is -0.123. The highest BCUT2D eigenvalue weighted by Gasteiger charge is 2.28. The van der Waals surface area contributed by atoms with Crippen molar-refractivity contribution in [1.29, 1.82) is 10.5 Å². The number of nitrogens with zero attached hydrogens (tertiary/aromatic N) is 3. The van der Waals surface area contributed by atoms with Gasteiger partial charge in [0.25, 0.3) is 5.91 Å². The molecule has 1 unspecified atom stereocenters. The summed E-state index contributed by atoms with van der Waals surface area (Å²) in [4.78, 5) is 12.9. The molecule has 1 aliphatic heterocycles. The van der Waals surface area contributed by atoms with Crippen LogP contribution in [0.1, 0.15) is 11.7 Å². The second kappa shape index (κ2) is 4.74. The Labute approximate surface area is 104 Å². The van der Waals surface area contributed by atoms with Gasteiger partial charge in [-0.3, -0.25) is 4.79 Å². The number of carbonyl (C=O) groups excluding carboxylic acids is 1. The topological polar surface area (TPSA) is 100 Å². The van der Waals surface area contributed by atoms with Crippen LogP contribution in [0.3, 0.4) is 0 Å². The summed E-state index contributed by atoms with van der Waals surface area (Å²) < 4.78 is 0. The van der Waals surface area contributed by atoms with Crippen molar-refractivity contribution in [2.75, 3.05) is 23.3 Å². The summed E-state index contributed by atoms with van der Waals surface area (Å²) in [6.45, 7) is 0.172. The number of amides is 1. The van der Waals surface area contributed by atoms with Crippen molar-refractivity contribution in [3.63, 3.8) is 0 Å². The Morgan fingerprint density at radius 2 is 2.00 bits per heavy atom. The van der Waals surface area contributed by atoms with Crippen LogP contribution in [0, 0.1) is 22.7 Å². The first-order valence-electron chi connectivity index (χ1n) is 5.29. The standard InChI is InChI=1S/C12H10N4O2/c13-3-5-16(6-4-14)8-1-2-9-10(7-8)15-12(18)11(9)17/h1-2,7,11,17H,5-6H2,(H,15,18). The van der Waals surface area contributed by atoms with Gasteiger partial charge in [0, 0.05) is 16.9 Å². The molecule has 1 aromatic rings. The molecule has 0 radical (unpaired) electrons. The summed E-state index contributed by atoms with van der Waals surface area (Å²) in [5, 5.41) is 29.5. The molecule has 1 atom stereocenters. The SMILES string of the molecule is N#CCN(CC#N)c1ccc2c(c1)NC(=O)C2O. The minimum atomic E-state index is -1.14. The maximum Gasteiger partial charge on any atom is 0.257 e. The Bertz CT molecular complexity index is 554. The van der Waals surface area contributed by atoms with E-state index < -0.39 is 12.0 Å². The number of nitrogens with one attached hydrogen (secondary N) is 1. The molecule has 0 fully saturated rings. The number of aliphatic hydroxyl groups excluding tert-OH is 1. The molecule has 0 saturated carbocycles. The van der Waals surface area contributed by atoms with E-state index in [1.165, 1.54) is 0 Å². The molecule has 6 nitrogen and oxygen atoms in total. The third-order valence-electron chi connectivity index (χ3n) is 2.73. The Kier molecular flexibility index (Phi) is 3.13. The highest BCUT2D eigenvalue weighted by Crippen LogP contribution is 2.33. The van der Waals surface area contributed by atoms with Crippen molar-refractivity contribution in [2.45, 2.75) is 6.10 Å². The number of aliphatic hydroxyl groups is 1. The van der Waals surface area contributed by atoms with E-state index in [4.69, 9.17) is 10.5 Å². The number of nitriles is 2. The number of anilines is 2. The lowest BCUT2D eigenvalue weighted by atomic mass is 10.1. The zero-order valence-corrected chi connectivity index (χ0v) is 9.42. The molecule has 0 aromatic heterocycles. The van der Waals surface area contributed by atoms with E-state index in [1.54, 1.807) is 23.1 Å². The predicted molar refractivity (Wildman–Crippen MR) is 63.5 cm³/mol. The minimum absolute atomic E-state index is 0.0862. The first-order valence-corrected chi connectivity index (χ1v) is 5.29. The molecule has 0 saturated heterocycles. The quantitative estimate of drug-likeness (QED) is 0.753. The summed E-state index contributed by atoms with van der Waals surface area (Å²) in [6, 6.07) is 8.90. The monoisotopic (exact) mass is 242 g/mol. The zero-order valence-electron chi connectivity index (χ0n) is 9.42. The summed E-state index contributed by atoms with van der Waals surface area (Å²) in [5.74, 6) is -0.464. The van der Waals surface area contributed by atoms with Crippen molar-refractivity contribution < 1.29 is 9.90 Å². The van der Waals surface area contributed by atoms with E-state index in [9.17, 15) is 9.90 Å². The van der Waals surface area contributed by atoms with Crippen LogP contribution in [0.2, 0.25) is 0 Å². The molecule has 1 heterocycles. The molecular weight excluding hydrogens is 232 g/mol. The second-order valence-corrected chi connectivity index (χ2v) is 3.84. The van der Waals surface area contributed by atoms with E-state index in [-0.39, 0.29) is 13.1 Å². The largest absolute Gasteiger partial charge is 0.378 e. The fourth-order valence-corrected chi connectivity index (χ4v) is 1.84. The molecule has 1 aromatic carbocycles. The van der Waals surface area contributed by atoms with E-state index in [0.29, 0.717) is 16.9 Å². The zero-order chi connectivity index (χ0) is 13.1. The number of benzene rings is 1. The van der Waals surface area contributed by atoms with Gasteiger partial charge in [0.2, 0.25) is 0 Å². The number of rotatable bonds is 3. The van der Waals surface area contributed by atoms with E-state index >= 15 is 0 Å². The predicted octanol–water partition coefficient (Wildman–Crippen LogP) is 0.526. The Morgan fingerprint density at radius 3 is 2.61 bits per heavy atom. The van der Waals surface area contributed by atoms with Gasteiger partial charge in [-0.05, 0) is 12.1 Å². The van der Waals surface area contributed by atoms with Gasteiger partial charge >= 0.3 is 0 Å². The summed E-state index contributed by atoms with van der Waals surface area (Å²) >= 11 is 0. The number of carbonyl (C=O) groups is 1. The normalized spacial score (nSPS) is 16.4. The average Bonchev–Trinajstić information content (AvgIpc) is 2.64. The third kappa shape index (κ3) is 1.97. The molecule has 90 valence electrons. The first kappa shape index (κ1) is 11.9. The van der Waals surface area contributed by atoms with Gasteiger partial charge in [-0.15, -0.1) is 0 Å². The highest BCUT2D eigenvalue weighted by molar-refractivity contribution is 6.02. The van der Waals surface area contributed by atoms with E-state index in [0.717, 1.165) is 0 Å². The van der Waals surface area contributed by atoms with E-state index in [1.807, 2.05) is 12.1 Å². The smallest absolute Gasteiger partial charge is 0.257 e. The Hall–Kier alpha value is -2.57. The average molecular weight is 242 g/mol. The lowest BCUT2D eigenvalue weighted by Gasteiger charge is -2.18.